The van der Waals surface area contributed by atoms with E-state index < -0.39 is 29.3 Å². The maximum Gasteiger partial charge on any atom is 0.306 e. The van der Waals surface area contributed by atoms with E-state index in [0.717, 1.165) is 6.07 Å². The molecule has 0 aromatic heterocycles. The molecule has 0 radical (unpaired) electrons. The van der Waals surface area contributed by atoms with E-state index in [2.05, 4.69) is 5.32 Å². The summed E-state index contributed by atoms with van der Waals surface area (Å²) in [4.78, 5) is 23.8. The van der Waals surface area contributed by atoms with Gasteiger partial charge in [-0.15, -0.1) is 0 Å². The van der Waals surface area contributed by atoms with Crippen LogP contribution >= 0.6 is 0 Å². The van der Waals surface area contributed by atoms with Crippen molar-refractivity contribution in [2.24, 2.45) is 0 Å². The van der Waals surface area contributed by atoms with Crippen LogP contribution in [0.2, 0.25) is 0 Å². The van der Waals surface area contributed by atoms with Crippen molar-refractivity contribution >= 4 is 11.9 Å². The number of carbonyl (C=O) groups is 2. The molecule has 2 unspecified atom stereocenters. The summed E-state index contributed by atoms with van der Waals surface area (Å²) in [7, 11) is 1.49. The van der Waals surface area contributed by atoms with Crippen molar-refractivity contribution in [2.45, 2.75) is 31.4 Å². The van der Waals surface area contributed by atoms with E-state index in [0.29, 0.717) is 11.3 Å². The molecule has 2 rings (SSSR count). The normalized spacial score (nSPS) is 14.1. The maximum absolute atomic E-state index is 13.3. The minimum atomic E-state index is -1.21. The number of nitrogens with one attached hydrogen (secondary N) is 1. The summed E-state index contributed by atoms with van der Waals surface area (Å²) in [5.74, 6) is -1.64. The molecule has 0 aliphatic carbocycles. The van der Waals surface area contributed by atoms with Gasteiger partial charge in [0, 0.05) is 0 Å². The lowest BCUT2D eigenvalue weighted by atomic mass is 9.88. The molecule has 7 heteroatoms. The molecule has 1 amide bonds. The number of aliphatic carboxylic acids is 1. The van der Waals surface area contributed by atoms with E-state index in [4.69, 9.17) is 4.74 Å². The monoisotopic (exact) mass is 375 g/mol. The van der Waals surface area contributed by atoms with Crippen molar-refractivity contribution < 1.29 is 28.9 Å². The van der Waals surface area contributed by atoms with Crippen LogP contribution in [0.25, 0.3) is 0 Å². The van der Waals surface area contributed by atoms with E-state index in [1.807, 2.05) is 0 Å². The first-order chi connectivity index (χ1) is 12.7. The summed E-state index contributed by atoms with van der Waals surface area (Å²) in [6.45, 7) is 1.59. The average molecular weight is 375 g/mol. The number of carboxylic acids is 1. The minimum Gasteiger partial charge on any atom is -0.497 e. The number of amides is 1. The van der Waals surface area contributed by atoms with Gasteiger partial charge in [-0.1, -0.05) is 24.3 Å². The van der Waals surface area contributed by atoms with Gasteiger partial charge in [0.15, 0.2) is 0 Å². The Morgan fingerprint density at radius 2 is 1.93 bits per heavy atom. The SMILES string of the molecule is COc1cccc(C(C)(CC(=O)O)NC(=O)CC(O)c2cccc(F)c2)c1. The molecule has 0 aliphatic rings. The number of carbonyl (C=O) groups excluding carboxylic acids is 1. The summed E-state index contributed by atoms with van der Waals surface area (Å²) in [6.07, 6.45) is -1.90. The first-order valence-corrected chi connectivity index (χ1v) is 8.34. The van der Waals surface area contributed by atoms with Gasteiger partial charge in [-0.2, -0.15) is 0 Å². The molecule has 0 heterocycles. The zero-order chi connectivity index (χ0) is 20.0. The van der Waals surface area contributed by atoms with Crippen LogP contribution in [-0.2, 0) is 15.1 Å². The number of ether oxygens (including phenoxy) is 1. The summed E-state index contributed by atoms with van der Waals surface area (Å²) >= 11 is 0. The van der Waals surface area contributed by atoms with Gasteiger partial charge in [-0.3, -0.25) is 9.59 Å². The first kappa shape index (κ1) is 20.4. The van der Waals surface area contributed by atoms with Crippen molar-refractivity contribution in [1.29, 1.82) is 0 Å². The third-order valence-electron chi connectivity index (χ3n) is 4.24. The fourth-order valence-corrected chi connectivity index (χ4v) is 2.85. The number of benzene rings is 2. The smallest absolute Gasteiger partial charge is 0.306 e. The Bertz CT molecular complexity index is 826. The Morgan fingerprint density at radius 3 is 2.56 bits per heavy atom. The molecule has 2 aromatic carbocycles. The largest absolute Gasteiger partial charge is 0.497 e. The van der Waals surface area contributed by atoms with E-state index in [9.17, 15) is 24.2 Å². The van der Waals surface area contributed by atoms with Crippen LogP contribution < -0.4 is 10.1 Å². The van der Waals surface area contributed by atoms with E-state index in [1.54, 1.807) is 31.2 Å². The molecule has 3 N–H and O–H groups in total. The topological polar surface area (TPSA) is 95.9 Å². The van der Waals surface area contributed by atoms with Crippen molar-refractivity contribution in [1.82, 2.24) is 5.32 Å². The lowest BCUT2D eigenvalue weighted by molar-refractivity contribution is -0.139. The molecular weight excluding hydrogens is 353 g/mol. The van der Waals surface area contributed by atoms with Crippen molar-refractivity contribution in [3.05, 3.63) is 65.5 Å². The van der Waals surface area contributed by atoms with Crippen LogP contribution in [0.1, 0.15) is 37.0 Å². The first-order valence-electron chi connectivity index (χ1n) is 8.34. The number of halogens is 1. The van der Waals surface area contributed by atoms with Crippen LogP contribution in [0.3, 0.4) is 0 Å². The van der Waals surface area contributed by atoms with E-state index in [-0.39, 0.29) is 18.4 Å². The molecule has 6 nitrogen and oxygen atoms in total. The fourth-order valence-electron chi connectivity index (χ4n) is 2.85. The zero-order valence-corrected chi connectivity index (χ0v) is 15.1. The van der Waals surface area contributed by atoms with Crippen molar-refractivity contribution in [3.8, 4) is 5.75 Å². The number of hydrogen-bond donors (Lipinski definition) is 3. The number of aliphatic hydroxyl groups is 1. The van der Waals surface area contributed by atoms with Gasteiger partial charge in [0.2, 0.25) is 5.91 Å². The number of carboxylic acid groups (broad SMARTS) is 1. The molecule has 2 aromatic rings. The highest BCUT2D eigenvalue weighted by Gasteiger charge is 2.32. The Hall–Kier alpha value is -2.93. The highest BCUT2D eigenvalue weighted by molar-refractivity contribution is 5.79. The van der Waals surface area contributed by atoms with Crippen molar-refractivity contribution in [3.63, 3.8) is 0 Å². The molecule has 0 saturated carbocycles. The van der Waals surface area contributed by atoms with Gasteiger partial charge < -0.3 is 20.3 Å². The molecule has 0 aliphatic heterocycles. The number of hydrogen-bond acceptors (Lipinski definition) is 4. The summed E-state index contributed by atoms with van der Waals surface area (Å²) in [5, 5.41) is 22.1. The Kier molecular flexibility index (Phi) is 6.52. The van der Waals surface area contributed by atoms with Gasteiger partial charge in [0.05, 0.1) is 31.6 Å². The van der Waals surface area contributed by atoms with Crippen LogP contribution in [0.4, 0.5) is 4.39 Å². The van der Waals surface area contributed by atoms with E-state index >= 15 is 0 Å². The Balaban J connectivity index is 2.19. The van der Waals surface area contributed by atoms with Crippen LogP contribution in [0.5, 0.6) is 5.75 Å². The van der Waals surface area contributed by atoms with E-state index in [1.165, 1.54) is 25.3 Å². The summed E-state index contributed by atoms with van der Waals surface area (Å²) < 4.78 is 18.4. The van der Waals surface area contributed by atoms with Gasteiger partial charge in [0.1, 0.15) is 11.6 Å². The minimum absolute atomic E-state index is 0.270. The number of rotatable bonds is 8. The van der Waals surface area contributed by atoms with Gasteiger partial charge in [0.25, 0.3) is 0 Å². The third kappa shape index (κ3) is 5.52. The lowest BCUT2D eigenvalue weighted by Gasteiger charge is -2.30. The quantitative estimate of drug-likeness (QED) is 0.659. The predicted molar refractivity (Wildman–Crippen MR) is 96.7 cm³/mol. The molecule has 0 spiro atoms. The lowest BCUT2D eigenvalue weighted by Crippen LogP contribution is -2.45. The molecule has 144 valence electrons. The predicted octanol–water partition coefficient (Wildman–Crippen LogP) is 2.76. The second-order valence-electron chi connectivity index (χ2n) is 6.46. The second-order valence-corrected chi connectivity index (χ2v) is 6.46. The average Bonchev–Trinajstić information content (AvgIpc) is 2.60. The number of methoxy groups -OCH3 is 1. The second kappa shape index (κ2) is 8.64. The summed E-state index contributed by atoms with van der Waals surface area (Å²) in [6, 6.07) is 12.1. The molecule has 0 saturated heterocycles. The molecular formula is C20H22FNO5. The molecule has 0 fully saturated rings. The third-order valence-corrected chi connectivity index (χ3v) is 4.24. The molecule has 0 bridgehead atoms. The van der Waals surface area contributed by atoms with Gasteiger partial charge >= 0.3 is 5.97 Å². The standard InChI is InChI=1S/C20H22FNO5/c1-20(12-19(25)26,14-6-4-8-16(10-14)27-2)22-18(24)11-17(23)13-5-3-7-15(21)9-13/h3-10,17,23H,11-12H2,1-2H3,(H,22,24)(H,25,26). The summed E-state index contributed by atoms with van der Waals surface area (Å²) in [5.41, 5.74) is -0.386. The molecule has 27 heavy (non-hydrogen) atoms. The van der Waals surface area contributed by atoms with Crippen molar-refractivity contribution in [2.75, 3.05) is 7.11 Å². The zero-order valence-electron chi connectivity index (χ0n) is 15.1. The highest BCUT2D eigenvalue weighted by Crippen LogP contribution is 2.28. The van der Waals surface area contributed by atoms with Crippen LogP contribution in [-0.4, -0.2) is 29.2 Å². The Labute approximate surface area is 156 Å². The van der Waals surface area contributed by atoms with Crippen LogP contribution in [0.15, 0.2) is 48.5 Å². The maximum atomic E-state index is 13.3. The van der Waals surface area contributed by atoms with Gasteiger partial charge in [-0.05, 0) is 42.3 Å². The van der Waals surface area contributed by atoms with Gasteiger partial charge in [-0.25, -0.2) is 4.39 Å². The molecule has 2 atom stereocenters. The fraction of sp³-hybridized carbons (Fsp3) is 0.300. The Morgan fingerprint density at radius 1 is 1.22 bits per heavy atom. The number of aliphatic hydroxyl groups excluding tert-OH is 1. The van der Waals surface area contributed by atoms with Crippen LogP contribution in [0, 0.1) is 5.82 Å². The highest BCUT2D eigenvalue weighted by atomic mass is 19.1.